The summed E-state index contributed by atoms with van der Waals surface area (Å²) in [5.41, 5.74) is 0. The minimum Gasteiger partial charge on any atom is -0.496 e. The van der Waals surface area contributed by atoms with Crippen molar-refractivity contribution in [2.45, 2.75) is 25.2 Å². The first-order valence-electron chi connectivity index (χ1n) is 8.48. The zero-order valence-electron chi connectivity index (χ0n) is 15.3. The summed E-state index contributed by atoms with van der Waals surface area (Å²) in [5, 5.41) is 6.61. The van der Waals surface area contributed by atoms with Gasteiger partial charge in [-0.1, -0.05) is 19.1 Å². The van der Waals surface area contributed by atoms with Crippen LogP contribution in [0.3, 0.4) is 0 Å². The Labute approximate surface area is 150 Å². The van der Waals surface area contributed by atoms with E-state index in [1.165, 1.54) is 4.90 Å². The maximum absolute atomic E-state index is 5.39. The molecule has 1 aromatic carbocycles. The summed E-state index contributed by atoms with van der Waals surface area (Å²) in [5.74, 6) is 3.30. The van der Waals surface area contributed by atoms with Crippen molar-refractivity contribution in [3.05, 3.63) is 24.3 Å². The predicted molar refractivity (Wildman–Crippen MR) is 103 cm³/mol. The SMILES string of the molecule is CCNC(=NCC(C)CSc1ccccc1OC)NCCCOC. The summed E-state index contributed by atoms with van der Waals surface area (Å²) in [6.45, 7) is 7.58. The molecule has 1 aromatic rings. The maximum atomic E-state index is 5.39. The van der Waals surface area contributed by atoms with Gasteiger partial charge in [-0.2, -0.15) is 0 Å². The molecule has 0 spiro atoms. The number of guanidine groups is 1. The van der Waals surface area contributed by atoms with Crippen LogP contribution in [0.4, 0.5) is 0 Å². The topological polar surface area (TPSA) is 54.9 Å². The molecule has 0 amide bonds. The van der Waals surface area contributed by atoms with E-state index in [2.05, 4.69) is 35.5 Å². The van der Waals surface area contributed by atoms with E-state index >= 15 is 0 Å². The molecule has 0 aromatic heterocycles. The highest BCUT2D eigenvalue weighted by atomic mass is 32.2. The number of aliphatic imine (C=N–C) groups is 1. The number of nitrogens with one attached hydrogen (secondary N) is 2. The first-order chi connectivity index (χ1) is 11.7. The Morgan fingerprint density at radius 2 is 2.04 bits per heavy atom. The van der Waals surface area contributed by atoms with Crippen LogP contribution in [0.2, 0.25) is 0 Å². The van der Waals surface area contributed by atoms with Crippen molar-refractivity contribution in [3.8, 4) is 5.75 Å². The normalized spacial score (nSPS) is 12.8. The van der Waals surface area contributed by atoms with Crippen molar-refractivity contribution in [2.24, 2.45) is 10.9 Å². The van der Waals surface area contributed by atoms with Gasteiger partial charge in [-0.3, -0.25) is 4.99 Å². The molecule has 24 heavy (non-hydrogen) atoms. The number of rotatable bonds is 11. The molecule has 0 aliphatic rings. The molecule has 0 radical (unpaired) electrons. The van der Waals surface area contributed by atoms with Gasteiger partial charge < -0.3 is 20.1 Å². The molecule has 1 rings (SSSR count). The van der Waals surface area contributed by atoms with Crippen molar-refractivity contribution >= 4 is 17.7 Å². The van der Waals surface area contributed by atoms with E-state index < -0.39 is 0 Å². The molecule has 6 heteroatoms. The average molecular weight is 354 g/mol. The fraction of sp³-hybridized carbons (Fsp3) is 0.611. The summed E-state index contributed by atoms with van der Waals surface area (Å²) in [4.78, 5) is 5.86. The van der Waals surface area contributed by atoms with Gasteiger partial charge >= 0.3 is 0 Å². The fourth-order valence-electron chi connectivity index (χ4n) is 2.03. The van der Waals surface area contributed by atoms with Crippen molar-refractivity contribution in [2.75, 3.05) is 46.2 Å². The third-order valence-corrected chi connectivity index (χ3v) is 4.70. The van der Waals surface area contributed by atoms with Crippen molar-refractivity contribution in [1.29, 1.82) is 0 Å². The molecule has 1 unspecified atom stereocenters. The van der Waals surface area contributed by atoms with Crippen molar-refractivity contribution < 1.29 is 9.47 Å². The number of benzene rings is 1. The average Bonchev–Trinajstić information content (AvgIpc) is 2.61. The monoisotopic (exact) mass is 353 g/mol. The Hall–Kier alpha value is -1.40. The lowest BCUT2D eigenvalue weighted by atomic mass is 10.2. The minimum atomic E-state index is 0.481. The number of hydrogen-bond donors (Lipinski definition) is 2. The van der Waals surface area contributed by atoms with E-state index in [9.17, 15) is 0 Å². The largest absolute Gasteiger partial charge is 0.496 e. The molecule has 1 atom stereocenters. The van der Waals surface area contributed by atoms with Gasteiger partial charge in [0.05, 0.1) is 7.11 Å². The Bertz CT molecular complexity index is 483. The van der Waals surface area contributed by atoms with Gasteiger partial charge in [0.15, 0.2) is 5.96 Å². The summed E-state index contributed by atoms with van der Waals surface area (Å²) in [6.07, 6.45) is 0.972. The summed E-state index contributed by atoms with van der Waals surface area (Å²) in [7, 11) is 3.44. The number of para-hydroxylation sites is 1. The lowest BCUT2D eigenvalue weighted by Crippen LogP contribution is -2.38. The second kappa shape index (κ2) is 13.0. The van der Waals surface area contributed by atoms with Crippen LogP contribution in [0.5, 0.6) is 5.75 Å². The molecule has 0 saturated heterocycles. The summed E-state index contributed by atoms with van der Waals surface area (Å²) < 4.78 is 10.5. The summed E-state index contributed by atoms with van der Waals surface area (Å²) >= 11 is 1.82. The molecule has 0 saturated carbocycles. The molecular formula is C18H31N3O2S. The highest BCUT2D eigenvalue weighted by molar-refractivity contribution is 7.99. The van der Waals surface area contributed by atoms with Gasteiger partial charge in [0.2, 0.25) is 0 Å². The van der Waals surface area contributed by atoms with Gasteiger partial charge in [0.1, 0.15) is 5.75 Å². The predicted octanol–water partition coefficient (Wildman–Crippen LogP) is 3.02. The van der Waals surface area contributed by atoms with Gasteiger partial charge in [-0.15, -0.1) is 11.8 Å². The van der Waals surface area contributed by atoms with E-state index in [1.54, 1.807) is 14.2 Å². The van der Waals surface area contributed by atoms with Crippen LogP contribution in [0.1, 0.15) is 20.3 Å². The zero-order chi connectivity index (χ0) is 17.6. The molecule has 5 nitrogen and oxygen atoms in total. The van der Waals surface area contributed by atoms with Gasteiger partial charge in [-0.25, -0.2) is 0 Å². The number of thioether (sulfide) groups is 1. The maximum Gasteiger partial charge on any atom is 0.191 e. The van der Waals surface area contributed by atoms with Crippen LogP contribution in [-0.2, 0) is 4.74 Å². The third-order valence-electron chi connectivity index (χ3n) is 3.32. The molecule has 0 aliphatic heterocycles. The molecule has 136 valence electrons. The third kappa shape index (κ3) is 8.45. The van der Waals surface area contributed by atoms with E-state index in [4.69, 9.17) is 9.47 Å². The second-order valence-electron chi connectivity index (χ2n) is 5.56. The van der Waals surface area contributed by atoms with Gasteiger partial charge in [0, 0.05) is 44.0 Å². The smallest absolute Gasteiger partial charge is 0.191 e. The van der Waals surface area contributed by atoms with Crippen LogP contribution in [0.25, 0.3) is 0 Å². The fourth-order valence-corrected chi connectivity index (χ4v) is 3.07. The van der Waals surface area contributed by atoms with Crippen LogP contribution < -0.4 is 15.4 Å². The Kier molecular flexibility index (Phi) is 11.1. The van der Waals surface area contributed by atoms with Crippen LogP contribution in [-0.4, -0.2) is 52.2 Å². The van der Waals surface area contributed by atoms with E-state index in [0.717, 1.165) is 50.1 Å². The standard InChI is InChI=1S/C18H31N3O2S/c1-5-19-18(20-11-8-12-22-3)21-13-15(2)14-24-17-10-7-6-9-16(17)23-4/h6-7,9-10,15H,5,8,11-14H2,1-4H3,(H2,19,20,21). The quantitative estimate of drug-likeness (QED) is 0.277. The summed E-state index contributed by atoms with van der Waals surface area (Å²) in [6, 6.07) is 8.13. The minimum absolute atomic E-state index is 0.481. The lowest BCUT2D eigenvalue weighted by molar-refractivity contribution is 0.195. The first-order valence-corrected chi connectivity index (χ1v) is 9.46. The van der Waals surface area contributed by atoms with Crippen LogP contribution in [0.15, 0.2) is 34.2 Å². The van der Waals surface area contributed by atoms with Gasteiger partial charge in [0.25, 0.3) is 0 Å². The Morgan fingerprint density at radius 3 is 2.75 bits per heavy atom. The second-order valence-corrected chi connectivity index (χ2v) is 6.62. The number of hydrogen-bond acceptors (Lipinski definition) is 4. The van der Waals surface area contributed by atoms with Crippen molar-refractivity contribution in [1.82, 2.24) is 10.6 Å². The molecule has 0 fully saturated rings. The van der Waals surface area contributed by atoms with Crippen molar-refractivity contribution in [3.63, 3.8) is 0 Å². The van der Waals surface area contributed by atoms with E-state index in [0.29, 0.717) is 5.92 Å². The van der Waals surface area contributed by atoms with Crippen LogP contribution in [0, 0.1) is 5.92 Å². The number of methoxy groups -OCH3 is 2. The Morgan fingerprint density at radius 1 is 1.25 bits per heavy atom. The molecule has 2 N–H and O–H groups in total. The highest BCUT2D eigenvalue weighted by Crippen LogP contribution is 2.29. The van der Waals surface area contributed by atoms with E-state index in [1.807, 2.05) is 30.0 Å². The van der Waals surface area contributed by atoms with Crippen LogP contribution >= 0.6 is 11.8 Å². The first kappa shape index (κ1) is 20.6. The lowest BCUT2D eigenvalue weighted by Gasteiger charge is -2.14. The highest BCUT2D eigenvalue weighted by Gasteiger charge is 2.07. The molecular weight excluding hydrogens is 322 g/mol. The zero-order valence-corrected chi connectivity index (χ0v) is 16.1. The molecule has 0 bridgehead atoms. The molecule has 0 heterocycles. The number of nitrogens with zero attached hydrogens (tertiary/aromatic N) is 1. The molecule has 0 aliphatic carbocycles. The van der Waals surface area contributed by atoms with Gasteiger partial charge in [-0.05, 0) is 31.4 Å². The number of ether oxygens (including phenoxy) is 2. The van der Waals surface area contributed by atoms with E-state index in [-0.39, 0.29) is 0 Å². The Balaban J connectivity index is 2.41.